The molecular weight excluding hydrogens is 290 g/mol. The van der Waals surface area contributed by atoms with Gasteiger partial charge in [-0.25, -0.2) is 0 Å². The zero-order valence-electron chi connectivity index (χ0n) is 12.5. The highest BCUT2D eigenvalue weighted by molar-refractivity contribution is 5.85. The van der Waals surface area contributed by atoms with E-state index in [1.54, 1.807) is 14.1 Å². The van der Waals surface area contributed by atoms with Crippen molar-refractivity contribution in [1.29, 1.82) is 0 Å². The molecule has 3 N–H and O–H groups in total. The number of nitrogens with zero attached hydrogens (tertiary/aromatic N) is 1. The molecular formula is C15H24ClN3O2. The molecule has 0 aromatic heterocycles. The maximum Gasteiger partial charge on any atom is 0.222 e. The average molecular weight is 314 g/mol. The normalized spacial score (nSPS) is 11.2. The van der Waals surface area contributed by atoms with Crippen molar-refractivity contribution in [3.63, 3.8) is 0 Å². The molecule has 0 fully saturated rings. The van der Waals surface area contributed by atoms with Gasteiger partial charge in [-0.3, -0.25) is 9.59 Å². The Kier molecular flexibility index (Phi) is 9.41. The second kappa shape index (κ2) is 10.2. The molecule has 1 atom stereocenters. The smallest absolute Gasteiger partial charge is 0.222 e. The molecule has 118 valence electrons. The number of carbonyl (C=O) groups excluding carboxylic acids is 2. The topological polar surface area (TPSA) is 75.4 Å². The van der Waals surface area contributed by atoms with Gasteiger partial charge in [0.15, 0.2) is 0 Å². The molecule has 0 bridgehead atoms. The van der Waals surface area contributed by atoms with Crippen molar-refractivity contribution < 1.29 is 9.59 Å². The quantitative estimate of drug-likeness (QED) is 0.800. The third kappa shape index (κ3) is 7.68. The fourth-order valence-electron chi connectivity index (χ4n) is 1.75. The van der Waals surface area contributed by atoms with E-state index in [2.05, 4.69) is 5.32 Å². The van der Waals surface area contributed by atoms with Gasteiger partial charge in [-0.15, -0.1) is 12.4 Å². The average Bonchev–Trinajstić information content (AvgIpc) is 2.45. The van der Waals surface area contributed by atoms with Crippen LogP contribution in [-0.2, 0) is 9.59 Å². The molecule has 5 nitrogen and oxygen atoms in total. The van der Waals surface area contributed by atoms with E-state index in [0.717, 1.165) is 5.56 Å². The fraction of sp³-hybridized carbons (Fsp3) is 0.467. The summed E-state index contributed by atoms with van der Waals surface area (Å²) in [6.45, 7) is 0.407. The van der Waals surface area contributed by atoms with Crippen molar-refractivity contribution in [2.24, 2.45) is 5.73 Å². The van der Waals surface area contributed by atoms with Gasteiger partial charge in [-0.05, 0) is 12.0 Å². The van der Waals surface area contributed by atoms with Gasteiger partial charge < -0.3 is 16.0 Å². The number of rotatable bonds is 7. The van der Waals surface area contributed by atoms with Crippen molar-refractivity contribution in [2.75, 3.05) is 20.6 Å². The van der Waals surface area contributed by atoms with E-state index in [9.17, 15) is 9.59 Å². The van der Waals surface area contributed by atoms with Crippen LogP contribution in [0, 0.1) is 0 Å². The van der Waals surface area contributed by atoms with Crippen LogP contribution in [-0.4, -0.2) is 37.4 Å². The Morgan fingerprint density at radius 1 is 1.19 bits per heavy atom. The monoisotopic (exact) mass is 313 g/mol. The van der Waals surface area contributed by atoms with Crippen molar-refractivity contribution in [2.45, 2.75) is 25.3 Å². The van der Waals surface area contributed by atoms with Crippen molar-refractivity contribution in [3.8, 4) is 0 Å². The van der Waals surface area contributed by atoms with Crippen LogP contribution in [0.15, 0.2) is 30.3 Å². The molecule has 0 aliphatic rings. The van der Waals surface area contributed by atoms with Crippen LogP contribution in [0.4, 0.5) is 0 Å². The van der Waals surface area contributed by atoms with Crippen LogP contribution in [0.25, 0.3) is 0 Å². The number of nitrogens with two attached hydrogens (primary N) is 1. The number of halogens is 1. The number of hydrogen-bond donors (Lipinski definition) is 2. The largest absolute Gasteiger partial charge is 0.354 e. The molecule has 0 saturated carbocycles. The van der Waals surface area contributed by atoms with Crippen LogP contribution in [0.2, 0.25) is 0 Å². The minimum Gasteiger partial charge on any atom is -0.354 e. The van der Waals surface area contributed by atoms with Crippen LogP contribution >= 0.6 is 12.4 Å². The standard InChI is InChI=1S/C15H23N3O2.ClH/c1-18(2)15(20)10-6-9-14(19)17-11-13(16)12-7-4-3-5-8-12;/h3-5,7-8,13H,6,9-11,16H2,1-2H3,(H,17,19);1H. The van der Waals surface area contributed by atoms with Gasteiger partial charge in [0.1, 0.15) is 0 Å². The molecule has 0 aliphatic carbocycles. The van der Waals surface area contributed by atoms with E-state index in [1.807, 2.05) is 30.3 Å². The minimum atomic E-state index is -0.205. The van der Waals surface area contributed by atoms with Crippen LogP contribution in [0.1, 0.15) is 30.9 Å². The van der Waals surface area contributed by atoms with Gasteiger partial charge in [0, 0.05) is 39.5 Å². The second-order valence-corrected chi connectivity index (χ2v) is 4.96. The first kappa shape index (κ1) is 19.4. The van der Waals surface area contributed by atoms with Crippen molar-refractivity contribution in [3.05, 3.63) is 35.9 Å². The highest BCUT2D eigenvalue weighted by atomic mass is 35.5. The van der Waals surface area contributed by atoms with E-state index < -0.39 is 0 Å². The summed E-state index contributed by atoms with van der Waals surface area (Å²) in [5, 5.41) is 2.80. The molecule has 1 rings (SSSR count). The summed E-state index contributed by atoms with van der Waals surface area (Å²) in [6.07, 6.45) is 1.30. The first-order chi connectivity index (χ1) is 9.50. The van der Waals surface area contributed by atoms with Crippen molar-refractivity contribution in [1.82, 2.24) is 10.2 Å². The van der Waals surface area contributed by atoms with E-state index >= 15 is 0 Å². The molecule has 0 aliphatic heterocycles. The molecule has 0 radical (unpaired) electrons. The van der Waals surface area contributed by atoms with E-state index in [-0.39, 0.29) is 30.3 Å². The summed E-state index contributed by atoms with van der Waals surface area (Å²) in [5.74, 6) is -0.0262. The lowest BCUT2D eigenvalue weighted by molar-refractivity contribution is -0.129. The predicted molar refractivity (Wildman–Crippen MR) is 86.2 cm³/mol. The Balaban J connectivity index is 0.00000400. The first-order valence-electron chi connectivity index (χ1n) is 6.78. The molecule has 21 heavy (non-hydrogen) atoms. The molecule has 0 spiro atoms. The zero-order chi connectivity index (χ0) is 15.0. The molecule has 0 heterocycles. The summed E-state index contributed by atoms with van der Waals surface area (Å²) in [5.41, 5.74) is 6.98. The highest BCUT2D eigenvalue weighted by Gasteiger charge is 2.09. The zero-order valence-corrected chi connectivity index (χ0v) is 13.4. The minimum absolute atomic E-state index is 0. The van der Waals surface area contributed by atoms with E-state index in [0.29, 0.717) is 25.8 Å². The Bertz CT molecular complexity index is 438. The molecule has 1 aromatic carbocycles. The lowest BCUT2D eigenvalue weighted by atomic mass is 10.1. The van der Waals surface area contributed by atoms with Gasteiger partial charge in [0.2, 0.25) is 11.8 Å². The van der Waals surface area contributed by atoms with Crippen molar-refractivity contribution >= 4 is 24.2 Å². The molecule has 1 unspecified atom stereocenters. The second-order valence-electron chi connectivity index (χ2n) is 4.96. The molecule has 2 amide bonds. The fourth-order valence-corrected chi connectivity index (χ4v) is 1.75. The predicted octanol–water partition coefficient (Wildman–Crippen LogP) is 1.48. The number of benzene rings is 1. The van der Waals surface area contributed by atoms with E-state index in [1.165, 1.54) is 4.90 Å². The number of nitrogens with one attached hydrogen (secondary N) is 1. The van der Waals surface area contributed by atoms with Gasteiger partial charge in [-0.2, -0.15) is 0 Å². The van der Waals surface area contributed by atoms with Crippen LogP contribution in [0.3, 0.4) is 0 Å². The summed E-state index contributed by atoms with van der Waals surface area (Å²) >= 11 is 0. The van der Waals surface area contributed by atoms with Gasteiger partial charge >= 0.3 is 0 Å². The summed E-state index contributed by atoms with van der Waals surface area (Å²) < 4.78 is 0. The Morgan fingerprint density at radius 3 is 2.38 bits per heavy atom. The molecule has 1 aromatic rings. The highest BCUT2D eigenvalue weighted by Crippen LogP contribution is 2.08. The lowest BCUT2D eigenvalue weighted by Gasteiger charge is -2.13. The Labute approximate surface area is 132 Å². The van der Waals surface area contributed by atoms with Gasteiger partial charge in [0.25, 0.3) is 0 Å². The van der Waals surface area contributed by atoms with Crippen LogP contribution in [0.5, 0.6) is 0 Å². The van der Waals surface area contributed by atoms with Crippen LogP contribution < -0.4 is 11.1 Å². The van der Waals surface area contributed by atoms with Gasteiger partial charge in [0.05, 0.1) is 0 Å². The SMILES string of the molecule is CN(C)C(=O)CCCC(=O)NCC(N)c1ccccc1.Cl. The first-order valence-corrected chi connectivity index (χ1v) is 6.78. The summed E-state index contributed by atoms with van der Waals surface area (Å²) in [7, 11) is 3.42. The number of amides is 2. The molecule has 0 saturated heterocycles. The Hall–Kier alpha value is -1.59. The Morgan fingerprint density at radius 2 is 1.81 bits per heavy atom. The van der Waals surface area contributed by atoms with E-state index in [4.69, 9.17) is 5.73 Å². The maximum atomic E-state index is 11.6. The lowest BCUT2D eigenvalue weighted by Crippen LogP contribution is -2.32. The third-order valence-corrected chi connectivity index (χ3v) is 3.04. The molecule has 6 heteroatoms. The summed E-state index contributed by atoms with van der Waals surface area (Å²) in [6, 6.07) is 9.44. The van der Waals surface area contributed by atoms with Gasteiger partial charge in [-0.1, -0.05) is 30.3 Å². The summed E-state index contributed by atoms with van der Waals surface area (Å²) in [4.78, 5) is 24.5. The number of hydrogen-bond acceptors (Lipinski definition) is 3. The number of carbonyl (C=O) groups is 2. The maximum absolute atomic E-state index is 11.6. The third-order valence-electron chi connectivity index (χ3n) is 3.04.